The van der Waals surface area contributed by atoms with Crippen LogP contribution in [0.25, 0.3) is 10.2 Å². The van der Waals surface area contributed by atoms with Crippen LogP contribution in [0.4, 0.5) is 5.13 Å². The van der Waals surface area contributed by atoms with Gasteiger partial charge in [-0.1, -0.05) is 30.2 Å². The molecule has 0 aliphatic heterocycles. The normalized spacial score (nSPS) is 17.5. The van der Waals surface area contributed by atoms with Crippen molar-refractivity contribution in [3.05, 3.63) is 23.8 Å². The molecular weight excluding hydrogens is 272 g/mol. The van der Waals surface area contributed by atoms with Crippen molar-refractivity contribution in [2.24, 2.45) is 0 Å². The van der Waals surface area contributed by atoms with Crippen molar-refractivity contribution in [3.63, 3.8) is 0 Å². The number of carbonyl (C=O) groups excluding carboxylic acids is 1. The van der Waals surface area contributed by atoms with Gasteiger partial charge in [0, 0.05) is 0 Å². The average Bonchev–Trinajstić information content (AvgIpc) is 2.94. The zero-order chi connectivity index (χ0) is 14.2. The van der Waals surface area contributed by atoms with Crippen molar-refractivity contribution in [2.75, 3.05) is 5.32 Å². The molecule has 1 aromatic heterocycles. The molecule has 1 aliphatic carbocycles. The lowest BCUT2D eigenvalue weighted by atomic mass is 9.98. The van der Waals surface area contributed by atoms with Crippen LogP contribution in [0.2, 0.25) is 0 Å². The molecule has 1 amide bonds. The first-order valence-corrected chi connectivity index (χ1v) is 7.75. The molecule has 5 heteroatoms. The van der Waals surface area contributed by atoms with E-state index in [1.165, 1.54) is 16.9 Å². The number of hydrogen-bond donors (Lipinski definition) is 2. The predicted octanol–water partition coefficient (Wildman–Crippen LogP) is 3.24. The second-order valence-electron chi connectivity index (χ2n) is 5.65. The van der Waals surface area contributed by atoms with Crippen LogP contribution < -0.4 is 5.32 Å². The SMILES string of the molecule is Cc1ccc2nc(NC(=O)CC3(O)CCCC3)sc2c1. The molecule has 0 saturated heterocycles. The summed E-state index contributed by atoms with van der Waals surface area (Å²) in [5, 5.41) is 13.7. The molecule has 20 heavy (non-hydrogen) atoms. The Labute approximate surface area is 121 Å². The van der Waals surface area contributed by atoms with Crippen molar-refractivity contribution in [2.45, 2.75) is 44.6 Å². The summed E-state index contributed by atoms with van der Waals surface area (Å²) in [7, 11) is 0. The fraction of sp³-hybridized carbons (Fsp3) is 0.467. The summed E-state index contributed by atoms with van der Waals surface area (Å²) >= 11 is 1.47. The predicted molar refractivity (Wildman–Crippen MR) is 81.0 cm³/mol. The molecule has 1 aromatic carbocycles. The number of benzene rings is 1. The molecule has 2 N–H and O–H groups in total. The topological polar surface area (TPSA) is 62.2 Å². The highest BCUT2D eigenvalue weighted by Crippen LogP contribution is 2.33. The molecular formula is C15H18N2O2S. The first-order chi connectivity index (χ1) is 9.54. The van der Waals surface area contributed by atoms with Crippen LogP contribution in [0.3, 0.4) is 0 Å². The molecule has 1 aliphatic rings. The summed E-state index contributed by atoms with van der Waals surface area (Å²) in [5.41, 5.74) is 1.27. The largest absolute Gasteiger partial charge is 0.389 e. The van der Waals surface area contributed by atoms with E-state index in [4.69, 9.17) is 0 Å². The molecule has 1 saturated carbocycles. The third-order valence-electron chi connectivity index (χ3n) is 3.81. The van der Waals surface area contributed by atoms with E-state index < -0.39 is 5.60 Å². The van der Waals surface area contributed by atoms with Crippen LogP contribution in [0.1, 0.15) is 37.7 Å². The molecule has 1 heterocycles. The molecule has 0 bridgehead atoms. The third-order valence-corrected chi connectivity index (χ3v) is 4.75. The van der Waals surface area contributed by atoms with E-state index in [1.807, 2.05) is 19.1 Å². The van der Waals surface area contributed by atoms with Gasteiger partial charge in [-0.05, 0) is 37.5 Å². The Morgan fingerprint density at radius 1 is 1.45 bits per heavy atom. The van der Waals surface area contributed by atoms with Gasteiger partial charge in [0.05, 0.1) is 22.2 Å². The summed E-state index contributed by atoms with van der Waals surface area (Å²) < 4.78 is 1.07. The number of carbonyl (C=O) groups is 1. The van der Waals surface area contributed by atoms with Crippen molar-refractivity contribution >= 4 is 32.6 Å². The minimum atomic E-state index is -0.808. The molecule has 3 rings (SSSR count). The molecule has 0 atom stereocenters. The first kappa shape index (κ1) is 13.5. The van der Waals surface area contributed by atoms with Gasteiger partial charge in [0.1, 0.15) is 0 Å². The molecule has 0 radical (unpaired) electrons. The molecule has 0 spiro atoms. The van der Waals surface area contributed by atoms with Crippen molar-refractivity contribution in [1.82, 2.24) is 4.98 Å². The number of aromatic nitrogens is 1. The minimum Gasteiger partial charge on any atom is -0.389 e. The number of amides is 1. The Bertz CT molecular complexity index is 644. The standard InChI is InChI=1S/C15H18N2O2S/c1-10-4-5-11-12(8-10)20-14(16-11)17-13(18)9-15(19)6-2-3-7-15/h4-5,8,19H,2-3,6-7,9H2,1H3,(H,16,17,18). The van der Waals surface area contributed by atoms with Crippen LogP contribution in [0, 0.1) is 6.92 Å². The minimum absolute atomic E-state index is 0.148. The van der Waals surface area contributed by atoms with Crippen LogP contribution in [-0.2, 0) is 4.79 Å². The third kappa shape index (κ3) is 2.83. The lowest BCUT2D eigenvalue weighted by Gasteiger charge is -2.20. The van der Waals surface area contributed by atoms with Crippen LogP contribution in [0.15, 0.2) is 18.2 Å². The number of aryl methyl sites for hydroxylation is 1. The fourth-order valence-corrected chi connectivity index (χ4v) is 3.74. The number of rotatable bonds is 3. The number of thiazole rings is 1. The Morgan fingerprint density at radius 2 is 2.20 bits per heavy atom. The smallest absolute Gasteiger partial charge is 0.229 e. The van der Waals surface area contributed by atoms with E-state index >= 15 is 0 Å². The maximum absolute atomic E-state index is 12.0. The second kappa shape index (κ2) is 5.14. The van der Waals surface area contributed by atoms with Gasteiger partial charge in [-0.15, -0.1) is 0 Å². The first-order valence-electron chi connectivity index (χ1n) is 6.94. The zero-order valence-corrected chi connectivity index (χ0v) is 12.3. The molecule has 1 fully saturated rings. The summed E-state index contributed by atoms with van der Waals surface area (Å²) in [6, 6.07) is 6.03. The Balaban J connectivity index is 1.71. The van der Waals surface area contributed by atoms with Crippen molar-refractivity contribution in [1.29, 1.82) is 0 Å². The number of anilines is 1. The van der Waals surface area contributed by atoms with Crippen molar-refractivity contribution < 1.29 is 9.90 Å². The lowest BCUT2D eigenvalue weighted by molar-refractivity contribution is -0.120. The van der Waals surface area contributed by atoms with Gasteiger partial charge in [0.2, 0.25) is 5.91 Å². The quantitative estimate of drug-likeness (QED) is 0.912. The number of hydrogen-bond acceptors (Lipinski definition) is 4. The van der Waals surface area contributed by atoms with Gasteiger partial charge < -0.3 is 10.4 Å². The van der Waals surface area contributed by atoms with E-state index in [0.717, 1.165) is 35.9 Å². The Morgan fingerprint density at radius 3 is 2.95 bits per heavy atom. The molecule has 106 valence electrons. The zero-order valence-electron chi connectivity index (χ0n) is 11.5. The van der Waals surface area contributed by atoms with Gasteiger partial charge in [0.15, 0.2) is 5.13 Å². The van der Waals surface area contributed by atoms with E-state index in [1.54, 1.807) is 0 Å². The highest BCUT2D eigenvalue weighted by molar-refractivity contribution is 7.22. The maximum Gasteiger partial charge on any atom is 0.229 e. The number of aliphatic hydroxyl groups is 1. The lowest BCUT2D eigenvalue weighted by Crippen LogP contribution is -2.30. The average molecular weight is 290 g/mol. The molecule has 2 aromatic rings. The van der Waals surface area contributed by atoms with E-state index in [2.05, 4.69) is 16.4 Å². The van der Waals surface area contributed by atoms with Crippen LogP contribution in [0.5, 0.6) is 0 Å². The fourth-order valence-electron chi connectivity index (χ4n) is 2.76. The Hall–Kier alpha value is -1.46. The molecule has 4 nitrogen and oxygen atoms in total. The summed E-state index contributed by atoms with van der Waals surface area (Å²) in [4.78, 5) is 16.4. The van der Waals surface area contributed by atoms with Gasteiger partial charge in [-0.25, -0.2) is 4.98 Å². The van der Waals surface area contributed by atoms with Crippen molar-refractivity contribution in [3.8, 4) is 0 Å². The molecule has 0 unspecified atom stereocenters. The van der Waals surface area contributed by atoms with E-state index in [9.17, 15) is 9.90 Å². The highest BCUT2D eigenvalue weighted by Gasteiger charge is 2.33. The van der Waals surface area contributed by atoms with Crippen LogP contribution >= 0.6 is 11.3 Å². The monoisotopic (exact) mass is 290 g/mol. The number of fused-ring (bicyclic) bond motifs is 1. The Kier molecular flexibility index (Phi) is 3.48. The number of nitrogens with zero attached hydrogens (tertiary/aromatic N) is 1. The van der Waals surface area contributed by atoms with E-state index in [-0.39, 0.29) is 12.3 Å². The summed E-state index contributed by atoms with van der Waals surface area (Å²) in [6.45, 7) is 2.03. The van der Waals surface area contributed by atoms with Gasteiger partial charge >= 0.3 is 0 Å². The highest BCUT2D eigenvalue weighted by atomic mass is 32.1. The van der Waals surface area contributed by atoms with Gasteiger partial charge in [-0.2, -0.15) is 0 Å². The number of nitrogens with one attached hydrogen (secondary N) is 1. The van der Waals surface area contributed by atoms with Crippen LogP contribution in [-0.4, -0.2) is 21.6 Å². The summed E-state index contributed by atoms with van der Waals surface area (Å²) in [6.07, 6.45) is 3.62. The summed E-state index contributed by atoms with van der Waals surface area (Å²) in [5.74, 6) is -0.148. The van der Waals surface area contributed by atoms with Gasteiger partial charge in [-0.3, -0.25) is 4.79 Å². The van der Waals surface area contributed by atoms with E-state index in [0.29, 0.717) is 5.13 Å². The second-order valence-corrected chi connectivity index (χ2v) is 6.68. The maximum atomic E-state index is 12.0. The van der Waals surface area contributed by atoms with Gasteiger partial charge in [0.25, 0.3) is 0 Å².